The number of nitrogens with zero attached hydrogens (tertiary/aromatic N) is 4. The molecule has 8 nitrogen and oxygen atoms in total. The molecule has 0 atom stereocenters. The van der Waals surface area contributed by atoms with Crippen molar-refractivity contribution in [1.82, 2.24) is 25.0 Å². The maximum atomic E-state index is 13.9. The van der Waals surface area contributed by atoms with Gasteiger partial charge in [-0.2, -0.15) is 0 Å². The van der Waals surface area contributed by atoms with Crippen LogP contribution in [0.1, 0.15) is 0 Å². The van der Waals surface area contributed by atoms with Gasteiger partial charge in [-0.1, -0.05) is 35.7 Å². The number of thioether (sulfide) groups is 2. The number of imide groups is 1. The zero-order valence-electron chi connectivity index (χ0n) is 14.3. The highest BCUT2D eigenvalue weighted by molar-refractivity contribution is 8.14. The van der Waals surface area contributed by atoms with Gasteiger partial charge in [0.25, 0.3) is 5.24 Å². The number of hydrogen-bond acceptors (Lipinski definition) is 7. The number of rotatable bonds is 7. The van der Waals surface area contributed by atoms with Crippen LogP contribution in [0.3, 0.4) is 0 Å². The smallest absolute Gasteiger partial charge is 0.288 e. The van der Waals surface area contributed by atoms with Crippen LogP contribution in [0.15, 0.2) is 29.4 Å². The summed E-state index contributed by atoms with van der Waals surface area (Å²) in [6, 6.07) is 6.26. The quantitative estimate of drug-likeness (QED) is 0.693. The van der Waals surface area contributed by atoms with Gasteiger partial charge in [0, 0.05) is 20.1 Å². The van der Waals surface area contributed by atoms with E-state index < -0.39 is 5.82 Å². The molecule has 27 heavy (non-hydrogen) atoms. The molecule has 0 aliphatic carbocycles. The number of carbonyl (C=O) groups is 3. The molecule has 1 aliphatic heterocycles. The molecule has 1 aromatic heterocycles. The second-order valence-corrected chi connectivity index (χ2v) is 7.45. The Bertz CT molecular complexity index is 873. The molecule has 0 spiro atoms. The van der Waals surface area contributed by atoms with Crippen molar-refractivity contribution in [3.05, 3.63) is 30.1 Å². The predicted molar refractivity (Wildman–Crippen MR) is 99.7 cm³/mol. The fraction of sp³-hybridized carbons (Fsp3) is 0.312. The fourth-order valence-corrected chi connectivity index (χ4v) is 3.90. The molecule has 0 radical (unpaired) electrons. The monoisotopic (exact) mass is 409 g/mol. The molecule has 0 unspecified atom stereocenters. The summed E-state index contributed by atoms with van der Waals surface area (Å²) in [4.78, 5) is 36.0. The number of carbonyl (C=O) groups excluding carboxylic acids is 3. The molecule has 3 rings (SSSR count). The van der Waals surface area contributed by atoms with Crippen molar-refractivity contribution in [3.8, 4) is 11.4 Å². The molecule has 11 heteroatoms. The average Bonchev–Trinajstić information content (AvgIpc) is 3.17. The van der Waals surface area contributed by atoms with E-state index in [0.29, 0.717) is 16.5 Å². The Morgan fingerprint density at radius 3 is 2.81 bits per heavy atom. The van der Waals surface area contributed by atoms with Gasteiger partial charge in [-0.05, 0) is 12.1 Å². The maximum Gasteiger partial charge on any atom is 0.288 e. The lowest BCUT2D eigenvalue weighted by atomic mass is 10.2. The van der Waals surface area contributed by atoms with Crippen molar-refractivity contribution >= 4 is 40.6 Å². The van der Waals surface area contributed by atoms with Crippen molar-refractivity contribution in [2.24, 2.45) is 7.05 Å². The summed E-state index contributed by atoms with van der Waals surface area (Å²) in [6.07, 6.45) is 0. The van der Waals surface area contributed by atoms with E-state index in [1.807, 2.05) is 0 Å². The van der Waals surface area contributed by atoms with Crippen LogP contribution >= 0.6 is 23.5 Å². The first kappa shape index (κ1) is 19.4. The van der Waals surface area contributed by atoms with E-state index in [9.17, 15) is 18.8 Å². The van der Waals surface area contributed by atoms with Gasteiger partial charge in [-0.3, -0.25) is 19.3 Å². The average molecular weight is 409 g/mol. The molecule has 2 heterocycles. The topological polar surface area (TPSA) is 97.2 Å². The van der Waals surface area contributed by atoms with Crippen LogP contribution in [0.25, 0.3) is 11.4 Å². The van der Waals surface area contributed by atoms with Crippen LogP contribution in [0.2, 0.25) is 0 Å². The lowest BCUT2D eigenvalue weighted by Gasteiger charge is -2.12. The predicted octanol–water partition coefficient (Wildman–Crippen LogP) is 1.52. The van der Waals surface area contributed by atoms with E-state index in [2.05, 4.69) is 15.5 Å². The number of halogens is 1. The molecule has 1 aliphatic rings. The fourth-order valence-electron chi connectivity index (χ4n) is 2.40. The van der Waals surface area contributed by atoms with Crippen LogP contribution in [-0.4, -0.2) is 61.3 Å². The van der Waals surface area contributed by atoms with Crippen LogP contribution < -0.4 is 5.32 Å². The molecule has 1 aromatic carbocycles. The lowest BCUT2D eigenvalue weighted by molar-refractivity contribution is -0.125. The third-order valence-corrected chi connectivity index (χ3v) is 5.66. The van der Waals surface area contributed by atoms with Crippen molar-refractivity contribution < 1.29 is 18.8 Å². The van der Waals surface area contributed by atoms with Gasteiger partial charge in [-0.15, -0.1) is 10.2 Å². The summed E-state index contributed by atoms with van der Waals surface area (Å²) in [7, 11) is 1.70. The lowest BCUT2D eigenvalue weighted by Crippen LogP contribution is -2.38. The Morgan fingerprint density at radius 2 is 2.11 bits per heavy atom. The summed E-state index contributed by atoms with van der Waals surface area (Å²) < 4.78 is 15.5. The van der Waals surface area contributed by atoms with Crippen LogP contribution in [0.4, 0.5) is 9.18 Å². The van der Waals surface area contributed by atoms with Crippen molar-refractivity contribution in [2.75, 3.05) is 24.6 Å². The van der Waals surface area contributed by atoms with E-state index in [0.717, 1.165) is 28.4 Å². The number of benzene rings is 1. The first-order chi connectivity index (χ1) is 13.0. The first-order valence-corrected chi connectivity index (χ1v) is 9.95. The molecule has 1 fully saturated rings. The molecule has 2 aromatic rings. The van der Waals surface area contributed by atoms with E-state index in [1.54, 1.807) is 29.8 Å². The largest absolute Gasteiger partial charge is 0.354 e. The molecule has 1 saturated heterocycles. The Labute approximate surface area is 162 Å². The maximum absolute atomic E-state index is 13.9. The van der Waals surface area contributed by atoms with E-state index in [1.165, 1.54) is 6.07 Å². The highest BCUT2D eigenvalue weighted by Gasteiger charge is 2.29. The van der Waals surface area contributed by atoms with Gasteiger partial charge in [0.1, 0.15) is 5.82 Å². The van der Waals surface area contributed by atoms with Crippen molar-refractivity contribution in [3.63, 3.8) is 0 Å². The molecule has 142 valence electrons. The van der Waals surface area contributed by atoms with Gasteiger partial charge in [-0.25, -0.2) is 4.39 Å². The number of amides is 3. The summed E-state index contributed by atoms with van der Waals surface area (Å²) in [6.45, 7) is 0.346. The summed E-state index contributed by atoms with van der Waals surface area (Å²) in [5, 5.41) is 10.8. The molecule has 1 N–H and O–H groups in total. The van der Waals surface area contributed by atoms with Crippen LogP contribution in [0, 0.1) is 5.82 Å². The SMILES string of the molecule is Cn1c(SCC(=O)NCCN2C(=O)CSC2=O)nnc1-c1ccccc1F. The molecular weight excluding hydrogens is 393 g/mol. The van der Waals surface area contributed by atoms with Crippen molar-refractivity contribution in [2.45, 2.75) is 5.16 Å². The highest BCUT2D eigenvalue weighted by atomic mass is 32.2. The van der Waals surface area contributed by atoms with Crippen molar-refractivity contribution in [1.29, 1.82) is 0 Å². The highest BCUT2D eigenvalue weighted by Crippen LogP contribution is 2.24. The third-order valence-electron chi connectivity index (χ3n) is 3.78. The van der Waals surface area contributed by atoms with Gasteiger partial charge in [0.05, 0.1) is 17.1 Å². The Balaban J connectivity index is 1.50. The first-order valence-electron chi connectivity index (χ1n) is 7.98. The van der Waals surface area contributed by atoms with Gasteiger partial charge >= 0.3 is 0 Å². The van der Waals surface area contributed by atoms with Gasteiger partial charge < -0.3 is 9.88 Å². The minimum absolute atomic E-state index is 0.0832. The molecule has 0 bridgehead atoms. The third kappa shape index (κ3) is 4.48. The molecular formula is C16H16FN5O3S2. The molecule has 3 amide bonds. The van der Waals surface area contributed by atoms with Gasteiger partial charge in [0.2, 0.25) is 11.8 Å². The second kappa shape index (κ2) is 8.53. The Hall–Kier alpha value is -2.40. The van der Waals surface area contributed by atoms with E-state index in [4.69, 9.17) is 0 Å². The van der Waals surface area contributed by atoms with E-state index >= 15 is 0 Å². The standard InChI is InChI=1S/C16H16FN5O3S2/c1-21-14(10-4-2-3-5-11(10)17)19-20-15(21)26-8-12(23)18-6-7-22-13(24)9-27-16(22)25/h2-5H,6-9H2,1H3,(H,18,23). The normalized spacial score (nSPS) is 14.1. The number of aromatic nitrogens is 3. The summed E-state index contributed by atoms with van der Waals surface area (Å²) in [5.74, 6) is -0.291. The molecule has 0 saturated carbocycles. The zero-order chi connectivity index (χ0) is 19.4. The Morgan fingerprint density at radius 1 is 1.33 bits per heavy atom. The summed E-state index contributed by atoms with van der Waals surface area (Å²) in [5.41, 5.74) is 0.335. The van der Waals surface area contributed by atoms with Gasteiger partial charge in [0.15, 0.2) is 11.0 Å². The van der Waals surface area contributed by atoms with Crippen LogP contribution in [0.5, 0.6) is 0 Å². The number of hydrogen-bond donors (Lipinski definition) is 1. The number of nitrogens with one attached hydrogen (secondary N) is 1. The van der Waals surface area contributed by atoms with Crippen LogP contribution in [-0.2, 0) is 16.6 Å². The zero-order valence-corrected chi connectivity index (χ0v) is 16.0. The second-order valence-electron chi connectivity index (χ2n) is 5.58. The summed E-state index contributed by atoms with van der Waals surface area (Å²) >= 11 is 2.12. The minimum atomic E-state index is -0.397. The minimum Gasteiger partial charge on any atom is -0.354 e. The van der Waals surface area contributed by atoms with E-state index in [-0.39, 0.29) is 41.6 Å². The Kier molecular flexibility index (Phi) is 6.11.